The minimum atomic E-state index is -0.373. The van der Waals surface area contributed by atoms with E-state index in [4.69, 9.17) is 16.1 Å². The summed E-state index contributed by atoms with van der Waals surface area (Å²) in [6, 6.07) is 50.5. The van der Waals surface area contributed by atoms with Crippen LogP contribution >= 0.6 is 0 Å². The third kappa shape index (κ3) is 7.36. The van der Waals surface area contributed by atoms with Crippen LogP contribution in [0.1, 0.15) is 58.5 Å². The van der Waals surface area contributed by atoms with E-state index < -0.39 is 0 Å². The van der Waals surface area contributed by atoms with Crippen LogP contribution in [0.2, 0.25) is 0 Å². The fourth-order valence-corrected chi connectivity index (χ4v) is 6.55. The van der Waals surface area contributed by atoms with E-state index in [1.165, 1.54) is 44.5 Å². The van der Waals surface area contributed by atoms with Gasteiger partial charge in [-0.2, -0.15) is 0 Å². The number of rotatable bonds is 7. The summed E-state index contributed by atoms with van der Waals surface area (Å²) in [5.41, 5.74) is 18.1. The molecule has 5 aromatic carbocycles. The Hall–Kier alpha value is -5.97. The number of aliphatic imine (C=N–C) groups is 1. The third-order valence-electron chi connectivity index (χ3n) is 8.81. The molecule has 0 aliphatic heterocycles. The molecule has 50 heavy (non-hydrogen) atoms. The van der Waals surface area contributed by atoms with Gasteiger partial charge >= 0.3 is 0 Å². The second kappa shape index (κ2) is 16.9. The lowest BCUT2D eigenvalue weighted by molar-refractivity contribution is 0.734. The van der Waals surface area contributed by atoms with E-state index in [0.717, 1.165) is 16.8 Å². The number of fused-ring (bicyclic) bond motifs is 3. The van der Waals surface area contributed by atoms with Gasteiger partial charge in [-0.1, -0.05) is 157 Å². The van der Waals surface area contributed by atoms with E-state index in [1.807, 2.05) is 74.7 Å². The summed E-state index contributed by atoms with van der Waals surface area (Å²) in [5, 5.41) is 8.25. The van der Waals surface area contributed by atoms with Gasteiger partial charge in [0.05, 0.1) is 23.5 Å². The summed E-state index contributed by atoms with van der Waals surface area (Å²) in [7, 11) is 0. The van der Waals surface area contributed by atoms with E-state index in [2.05, 4.69) is 128 Å². The van der Waals surface area contributed by atoms with E-state index in [-0.39, 0.29) is 5.41 Å². The first-order valence-corrected chi connectivity index (χ1v) is 16.8. The molecule has 6 aromatic rings. The van der Waals surface area contributed by atoms with Gasteiger partial charge in [-0.05, 0) is 84.1 Å². The summed E-state index contributed by atoms with van der Waals surface area (Å²) in [5.74, 6) is 0. The number of hydrogen-bond donors (Lipinski definition) is 2. The molecule has 0 spiro atoms. The first-order valence-electron chi connectivity index (χ1n) is 16.8. The van der Waals surface area contributed by atoms with Crippen molar-refractivity contribution in [1.29, 1.82) is 5.41 Å². The van der Waals surface area contributed by atoms with Gasteiger partial charge in [-0.15, -0.1) is 0 Å². The van der Waals surface area contributed by atoms with Crippen molar-refractivity contribution in [2.24, 2.45) is 10.7 Å². The van der Waals surface area contributed by atoms with Gasteiger partial charge in [0.25, 0.3) is 0 Å². The van der Waals surface area contributed by atoms with Gasteiger partial charge in [0.15, 0.2) is 0 Å². The smallest absolute Gasteiger partial charge is 0.0885 e. The molecule has 248 valence electrons. The van der Waals surface area contributed by atoms with Crippen molar-refractivity contribution >= 4 is 18.0 Å². The highest BCUT2D eigenvalue weighted by molar-refractivity contribution is 6.10. The first-order chi connectivity index (χ1) is 24.5. The Morgan fingerprint density at radius 1 is 0.720 bits per heavy atom. The molecule has 1 aliphatic rings. The predicted molar refractivity (Wildman–Crippen MR) is 212 cm³/mol. The average molecular weight is 653 g/mol. The zero-order valence-electron chi connectivity index (χ0n) is 29.1. The fraction of sp³-hybridized carbons (Fsp3) is 0.109. The van der Waals surface area contributed by atoms with Gasteiger partial charge in [0.2, 0.25) is 0 Å². The first kappa shape index (κ1) is 35.3. The molecule has 1 unspecified atom stereocenters. The lowest BCUT2D eigenvalue weighted by Crippen LogP contribution is -2.29. The number of hydrogen-bond acceptors (Lipinski definition) is 4. The molecule has 0 saturated carbocycles. The Balaban J connectivity index is 0.000000181. The van der Waals surface area contributed by atoms with E-state index in [9.17, 15) is 0 Å². The maximum Gasteiger partial charge on any atom is 0.0885 e. The number of aryl methyl sites for hydroxylation is 1. The number of nitrogens with zero attached hydrogens (tertiary/aromatic N) is 2. The number of aromatic nitrogens is 1. The molecule has 0 saturated heterocycles. The van der Waals surface area contributed by atoms with Crippen molar-refractivity contribution in [2.75, 3.05) is 6.67 Å². The lowest BCUT2D eigenvalue weighted by Gasteiger charge is -2.32. The largest absolute Gasteiger partial charge is 0.312 e. The summed E-state index contributed by atoms with van der Waals surface area (Å²) < 4.78 is 0. The molecule has 0 bridgehead atoms. The second-order valence-corrected chi connectivity index (χ2v) is 11.9. The minimum absolute atomic E-state index is 0.333. The Kier molecular flexibility index (Phi) is 12.0. The Morgan fingerprint density at radius 2 is 1.30 bits per heavy atom. The number of benzene rings is 5. The maximum absolute atomic E-state index is 8.25. The highest BCUT2D eigenvalue weighted by Gasteiger charge is 2.46. The number of nitrogens with one attached hydrogen (secondary N) is 1. The van der Waals surface area contributed by atoms with Crippen LogP contribution in [0.3, 0.4) is 0 Å². The molecule has 4 nitrogen and oxygen atoms in total. The molecule has 0 radical (unpaired) electrons. The zero-order valence-corrected chi connectivity index (χ0v) is 29.1. The van der Waals surface area contributed by atoms with Crippen LogP contribution in [0, 0.1) is 12.3 Å². The van der Waals surface area contributed by atoms with Crippen molar-refractivity contribution in [3.8, 4) is 11.1 Å². The van der Waals surface area contributed by atoms with Crippen molar-refractivity contribution in [1.82, 2.24) is 4.98 Å². The van der Waals surface area contributed by atoms with Gasteiger partial charge in [0.1, 0.15) is 0 Å². The number of nitrogens with two attached hydrogens (primary N) is 1. The number of pyridine rings is 1. The monoisotopic (exact) mass is 652 g/mol. The summed E-state index contributed by atoms with van der Waals surface area (Å²) in [4.78, 5) is 8.09. The SMILES string of the molecule is C/C=C\C(=C/C)c1ccc(C(=N)c2ccccc2)cc1.C=NCN.Cc1ccc2c(c1)-c1ccccc1C2(c1ccccc1)c1ccccn1. The van der Waals surface area contributed by atoms with Crippen molar-refractivity contribution < 1.29 is 0 Å². The summed E-state index contributed by atoms with van der Waals surface area (Å²) in [6.07, 6.45) is 8.12. The molecule has 4 heteroatoms. The van der Waals surface area contributed by atoms with Gasteiger partial charge < -0.3 is 5.73 Å². The van der Waals surface area contributed by atoms with Gasteiger partial charge in [0, 0.05) is 11.8 Å². The van der Waals surface area contributed by atoms with Crippen LogP contribution in [-0.2, 0) is 5.41 Å². The molecule has 1 aliphatic carbocycles. The predicted octanol–water partition coefficient (Wildman–Crippen LogP) is 10.4. The normalized spacial score (nSPS) is 14.4. The molecule has 1 atom stereocenters. The highest BCUT2D eigenvalue weighted by atomic mass is 14.8. The third-order valence-corrected chi connectivity index (χ3v) is 8.81. The molecular weight excluding hydrogens is 609 g/mol. The van der Waals surface area contributed by atoms with Gasteiger partial charge in [-0.25, -0.2) is 0 Å². The molecular formula is C46H44N4. The molecule has 0 fully saturated rings. The van der Waals surface area contributed by atoms with Crippen LogP contribution in [0.25, 0.3) is 16.7 Å². The quantitative estimate of drug-likeness (QED) is 0.133. The Labute approximate surface area is 296 Å². The Morgan fingerprint density at radius 3 is 1.92 bits per heavy atom. The molecule has 1 aromatic heterocycles. The van der Waals surface area contributed by atoms with Crippen molar-refractivity contribution in [3.05, 3.63) is 215 Å². The standard InChI is InChI=1S/C25H19N.C19H19N.C2H6N2/c1-18-14-15-23-21(17-18)20-11-5-6-12-22(20)25(23,19-9-3-2-4-10-19)24-13-7-8-16-26-24;1-3-8-15(4-2)16-11-13-18(14-12-16)19(20)17-9-6-5-7-10-17;1-4-2-3/h2-17H,1H3;3-14,20H,1-2H3;1-3H2/b;8-3-,15-4+,20-19?;. The van der Waals surface area contributed by atoms with Crippen LogP contribution in [0.15, 0.2) is 175 Å². The van der Waals surface area contributed by atoms with Crippen molar-refractivity contribution in [3.63, 3.8) is 0 Å². The van der Waals surface area contributed by atoms with E-state index in [0.29, 0.717) is 12.4 Å². The van der Waals surface area contributed by atoms with Crippen molar-refractivity contribution in [2.45, 2.75) is 26.2 Å². The zero-order chi connectivity index (χ0) is 35.3. The van der Waals surface area contributed by atoms with E-state index in [1.54, 1.807) is 0 Å². The maximum atomic E-state index is 8.25. The fourth-order valence-electron chi connectivity index (χ4n) is 6.55. The summed E-state index contributed by atoms with van der Waals surface area (Å²) in [6.45, 7) is 9.65. The van der Waals surface area contributed by atoms with Crippen LogP contribution in [-0.4, -0.2) is 24.1 Å². The highest BCUT2D eigenvalue weighted by Crippen LogP contribution is 2.55. The van der Waals surface area contributed by atoms with Crippen LogP contribution in [0.4, 0.5) is 0 Å². The van der Waals surface area contributed by atoms with Crippen LogP contribution < -0.4 is 5.73 Å². The summed E-state index contributed by atoms with van der Waals surface area (Å²) >= 11 is 0. The molecule has 1 heterocycles. The topological polar surface area (TPSA) is 75.1 Å². The number of allylic oxidation sites excluding steroid dienone is 4. The second-order valence-electron chi connectivity index (χ2n) is 11.9. The average Bonchev–Trinajstić information content (AvgIpc) is 3.48. The lowest BCUT2D eigenvalue weighted by atomic mass is 9.70. The van der Waals surface area contributed by atoms with Gasteiger partial charge in [-0.3, -0.25) is 15.4 Å². The van der Waals surface area contributed by atoms with E-state index >= 15 is 0 Å². The molecule has 0 amide bonds. The minimum Gasteiger partial charge on any atom is -0.312 e. The van der Waals surface area contributed by atoms with Crippen LogP contribution in [0.5, 0.6) is 0 Å². The molecule has 7 rings (SSSR count). The Bertz CT molecular complexity index is 2040. The molecule has 3 N–H and O–H groups in total.